The minimum absolute atomic E-state index is 0.433. The Morgan fingerprint density at radius 1 is 1.16 bits per heavy atom. The topological polar surface area (TPSA) is 35.0 Å². The van der Waals surface area contributed by atoms with Crippen LogP contribution < -0.4 is 4.74 Å². The highest BCUT2D eigenvalue weighted by Crippen LogP contribution is 2.28. The second-order valence-electron chi connectivity index (χ2n) is 4.82. The van der Waals surface area contributed by atoms with Crippen LogP contribution in [0.5, 0.6) is 11.6 Å². The molecule has 0 aliphatic heterocycles. The zero-order chi connectivity index (χ0) is 14.0. The summed E-state index contributed by atoms with van der Waals surface area (Å²) < 4.78 is 5.83. The van der Waals surface area contributed by atoms with E-state index in [0.29, 0.717) is 22.8 Å². The van der Waals surface area contributed by atoms with E-state index < -0.39 is 0 Å². The number of nitrogens with zero attached hydrogens (tertiary/aromatic N) is 2. The van der Waals surface area contributed by atoms with E-state index in [9.17, 15) is 0 Å². The molecular weight excluding hydrogens is 260 g/mol. The fraction of sp³-hybridized carbons (Fsp3) is 0.333. The van der Waals surface area contributed by atoms with E-state index in [4.69, 9.17) is 16.3 Å². The van der Waals surface area contributed by atoms with Gasteiger partial charge in [0, 0.05) is 5.56 Å². The van der Waals surface area contributed by atoms with E-state index in [0.717, 1.165) is 11.3 Å². The van der Waals surface area contributed by atoms with Gasteiger partial charge < -0.3 is 4.74 Å². The molecule has 0 fully saturated rings. The van der Waals surface area contributed by atoms with Crippen molar-refractivity contribution >= 4 is 11.6 Å². The van der Waals surface area contributed by atoms with Crippen LogP contribution in [-0.2, 0) is 0 Å². The van der Waals surface area contributed by atoms with E-state index in [1.54, 1.807) is 6.92 Å². The second-order valence-corrected chi connectivity index (χ2v) is 5.18. The second kappa shape index (κ2) is 5.57. The van der Waals surface area contributed by atoms with Gasteiger partial charge in [0.1, 0.15) is 16.7 Å². The summed E-state index contributed by atoms with van der Waals surface area (Å²) in [6.07, 6.45) is 0. The summed E-state index contributed by atoms with van der Waals surface area (Å²) in [5, 5.41) is 0.433. The predicted octanol–water partition coefficient (Wildman–Crippen LogP) is 4.66. The molecule has 1 aromatic carbocycles. The fourth-order valence-electron chi connectivity index (χ4n) is 1.72. The number of halogens is 1. The molecule has 0 N–H and O–H groups in total. The number of aromatic nitrogens is 2. The predicted molar refractivity (Wildman–Crippen MR) is 77.1 cm³/mol. The third kappa shape index (κ3) is 3.24. The molecule has 0 aliphatic carbocycles. The molecule has 2 aromatic rings. The molecular formula is C15H17ClN2O. The van der Waals surface area contributed by atoms with Crippen molar-refractivity contribution in [1.29, 1.82) is 0 Å². The zero-order valence-corrected chi connectivity index (χ0v) is 12.3. The molecule has 1 heterocycles. The number of hydrogen-bond donors (Lipinski definition) is 0. The molecule has 100 valence electrons. The van der Waals surface area contributed by atoms with Crippen molar-refractivity contribution in [2.75, 3.05) is 0 Å². The summed E-state index contributed by atoms with van der Waals surface area (Å²) in [5.74, 6) is 2.34. The minimum Gasteiger partial charge on any atom is -0.439 e. The van der Waals surface area contributed by atoms with Gasteiger partial charge in [-0.2, -0.15) is 4.98 Å². The van der Waals surface area contributed by atoms with Crippen LogP contribution in [-0.4, -0.2) is 9.97 Å². The van der Waals surface area contributed by atoms with Crippen molar-refractivity contribution in [1.82, 2.24) is 9.97 Å². The average molecular weight is 277 g/mol. The van der Waals surface area contributed by atoms with E-state index in [1.807, 2.05) is 25.1 Å². The summed E-state index contributed by atoms with van der Waals surface area (Å²) in [7, 11) is 0. The lowest BCUT2D eigenvalue weighted by molar-refractivity contribution is 0.454. The first kappa shape index (κ1) is 13.8. The molecule has 4 heteroatoms. The van der Waals surface area contributed by atoms with Crippen LogP contribution in [0.3, 0.4) is 0 Å². The van der Waals surface area contributed by atoms with Gasteiger partial charge in [0.2, 0.25) is 5.88 Å². The monoisotopic (exact) mass is 276 g/mol. The number of rotatable bonds is 3. The number of ether oxygens (including phenoxy) is 1. The van der Waals surface area contributed by atoms with E-state index in [-0.39, 0.29) is 0 Å². The maximum atomic E-state index is 6.04. The van der Waals surface area contributed by atoms with Crippen molar-refractivity contribution in [2.45, 2.75) is 33.6 Å². The first-order valence-electron chi connectivity index (χ1n) is 6.26. The molecule has 0 saturated carbocycles. The van der Waals surface area contributed by atoms with Gasteiger partial charge in [0.25, 0.3) is 0 Å². The van der Waals surface area contributed by atoms with Crippen molar-refractivity contribution in [3.63, 3.8) is 0 Å². The molecule has 0 aliphatic rings. The lowest BCUT2D eigenvalue weighted by Crippen LogP contribution is -1.98. The summed E-state index contributed by atoms with van der Waals surface area (Å²) in [6.45, 7) is 7.94. The van der Waals surface area contributed by atoms with Gasteiger partial charge in [0.15, 0.2) is 0 Å². The van der Waals surface area contributed by atoms with E-state index in [1.165, 1.54) is 5.56 Å². The third-order valence-corrected chi connectivity index (χ3v) is 3.26. The van der Waals surface area contributed by atoms with Gasteiger partial charge in [-0.3, -0.25) is 0 Å². The molecule has 0 bridgehead atoms. The van der Waals surface area contributed by atoms with E-state index >= 15 is 0 Å². The molecule has 0 spiro atoms. The Morgan fingerprint density at radius 3 is 2.58 bits per heavy atom. The van der Waals surface area contributed by atoms with Crippen LogP contribution in [0.4, 0.5) is 0 Å². The van der Waals surface area contributed by atoms with Crippen molar-refractivity contribution in [2.24, 2.45) is 0 Å². The maximum Gasteiger partial charge on any atom is 0.226 e. The summed E-state index contributed by atoms with van der Waals surface area (Å²) in [5.41, 5.74) is 1.98. The third-order valence-electron chi connectivity index (χ3n) is 2.89. The first-order chi connectivity index (χ1) is 8.97. The first-order valence-corrected chi connectivity index (χ1v) is 6.63. The van der Waals surface area contributed by atoms with Gasteiger partial charge in [-0.05, 0) is 37.5 Å². The molecule has 0 unspecified atom stereocenters. The zero-order valence-electron chi connectivity index (χ0n) is 11.6. The van der Waals surface area contributed by atoms with Crippen molar-refractivity contribution in [3.8, 4) is 11.6 Å². The van der Waals surface area contributed by atoms with Gasteiger partial charge in [-0.1, -0.05) is 37.6 Å². The summed E-state index contributed by atoms with van der Waals surface area (Å²) in [6, 6.07) is 8.00. The van der Waals surface area contributed by atoms with Crippen LogP contribution in [0.25, 0.3) is 0 Å². The Bertz CT molecular complexity index is 597. The number of benzene rings is 1. The van der Waals surface area contributed by atoms with E-state index in [2.05, 4.69) is 29.9 Å². The quantitative estimate of drug-likeness (QED) is 0.765. The van der Waals surface area contributed by atoms with Crippen molar-refractivity contribution in [3.05, 3.63) is 46.4 Å². The van der Waals surface area contributed by atoms with Gasteiger partial charge in [-0.15, -0.1) is 0 Å². The number of aryl methyl sites for hydroxylation is 1. The molecule has 3 nitrogen and oxygen atoms in total. The molecule has 1 aromatic heterocycles. The normalized spacial score (nSPS) is 10.8. The Morgan fingerprint density at radius 2 is 1.89 bits per heavy atom. The van der Waals surface area contributed by atoms with Gasteiger partial charge in [0.05, 0.1) is 0 Å². The molecule has 0 atom stereocenters. The largest absolute Gasteiger partial charge is 0.439 e. The Labute approximate surface area is 118 Å². The molecule has 2 rings (SSSR count). The Balaban J connectivity index is 2.33. The van der Waals surface area contributed by atoms with Crippen LogP contribution >= 0.6 is 11.6 Å². The lowest BCUT2D eigenvalue weighted by atomic mass is 10.0. The summed E-state index contributed by atoms with van der Waals surface area (Å²) >= 11 is 6.04. The molecule has 0 amide bonds. The maximum absolute atomic E-state index is 6.04. The molecule has 0 saturated heterocycles. The van der Waals surface area contributed by atoms with Gasteiger partial charge in [-0.25, -0.2) is 4.98 Å². The highest BCUT2D eigenvalue weighted by Gasteiger charge is 2.10. The SMILES string of the molecule is Cc1nc(Cl)c(C)c(Oc2cccc(C(C)C)c2)n1. The van der Waals surface area contributed by atoms with Gasteiger partial charge >= 0.3 is 0 Å². The fourth-order valence-corrected chi connectivity index (χ4v) is 1.92. The highest BCUT2D eigenvalue weighted by molar-refractivity contribution is 6.30. The summed E-state index contributed by atoms with van der Waals surface area (Å²) in [4.78, 5) is 8.38. The Hall–Kier alpha value is -1.61. The number of hydrogen-bond acceptors (Lipinski definition) is 3. The van der Waals surface area contributed by atoms with Crippen LogP contribution in [0, 0.1) is 13.8 Å². The lowest BCUT2D eigenvalue weighted by Gasteiger charge is -2.11. The highest BCUT2D eigenvalue weighted by atomic mass is 35.5. The van der Waals surface area contributed by atoms with Crippen LogP contribution in [0.2, 0.25) is 5.15 Å². The minimum atomic E-state index is 0.433. The van der Waals surface area contributed by atoms with Crippen molar-refractivity contribution < 1.29 is 4.74 Å². The standard InChI is InChI=1S/C15H17ClN2O/c1-9(2)12-6-5-7-13(8-12)19-15-10(3)14(16)17-11(4)18-15/h5-9H,1-4H3. The van der Waals surface area contributed by atoms with Crippen LogP contribution in [0.1, 0.15) is 36.7 Å². The average Bonchev–Trinajstić information content (AvgIpc) is 2.35. The molecule has 0 radical (unpaired) electrons. The van der Waals surface area contributed by atoms with Crippen LogP contribution in [0.15, 0.2) is 24.3 Å². The smallest absolute Gasteiger partial charge is 0.226 e. The molecule has 19 heavy (non-hydrogen) atoms. The Kier molecular flexibility index (Phi) is 4.05.